The molecule has 0 aliphatic rings. The molecule has 0 bridgehead atoms. The fraction of sp³-hybridized carbons (Fsp3) is 0.250. The van der Waals surface area contributed by atoms with Gasteiger partial charge in [-0.15, -0.1) is 0 Å². The molecule has 0 aliphatic heterocycles. The zero-order valence-electron chi connectivity index (χ0n) is 11.2. The molecule has 2 N–H and O–H groups in total. The Labute approximate surface area is 125 Å². The molecule has 0 heterocycles. The van der Waals surface area contributed by atoms with Crippen molar-refractivity contribution in [2.45, 2.75) is 6.18 Å². The summed E-state index contributed by atoms with van der Waals surface area (Å²) in [6.07, 6.45) is -4.67. The molecule has 6 nitrogen and oxygen atoms in total. The average Bonchev–Trinajstić information content (AvgIpc) is 2.42. The maximum atomic E-state index is 13.2. The van der Waals surface area contributed by atoms with Crippen LogP contribution in [0.1, 0.15) is 10.4 Å². The molecule has 0 spiro atoms. The van der Waals surface area contributed by atoms with E-state index in [4.69, 9.17) is 0 Å². The summed E-state index contributed by atoms with van der Waals surface area (Å²) in [4.78, 5) is 33.5. The molecule has 3 amide bonds. The fourth-order valence-electron chi connectivity index (χ4n) is 1.28. The highest BCUT2D eigenvalue weighted by atomic mass is 19.4. The Kier molecular flexibility index (Phi) is 5.99. The second kappa shape index (κ2) is 7.51. The van der Waals surface area contributed by atoms with Crippen LogP contribution in [0.15, 0.2) is 18.2 Å². The molecule has 0 fully saturated rings. The Hall–Kier alpha value is -2.72. The summed E-state index contributed by atoms with van der Waals surface area (Å²) >= 11 is 0. The smallest absolute Gasteiger partial charge is 0.405 e. The Morgan fingerprint density at radius 1 is 1.09 bits per heavy atom. The van der Waals surface area contributed by atoms with Crippen LogP contribution in [0.3, 0.4) is 0 Å². The Bertz CT molecular complexity index is 598. The first-order chi connectivity index (χ1) is 10.6. The number of carbonyl (C=O) groups excluding carboxylic acids is 3. The van der Waals surface area contributed by atoms with Gasteiger partial charge in [0.2, 0.25) is 0 Å². The number of carbonyl (C=O) groups is 3. The van der Waals surface area contributed by atoms with Crippen LogP contribution in [0.2, 0.25) is 0 Å². The molecule has 0 aromatic heterocycles. The average molecular weight is 340 g/mol. The molecular weight excluding hydrogens is 331 g/mol. The van der Waals surface area contributed by atoms with Crippen LogP contribution >= 0.6 is 0 Å². The largest absolute Gasteiger partial charge is 0.452 e. The third-order valence-electron chi connectivity index (χ3n) is 2.20. The molecule has 0 saturated carbocycles. The molecule has 0 radical (unpaired) electrons. The normalized spacial score (nSPS) is 10.8. The van der Waals surface area contributed by atoms with Crippen molar-refractivity contribution in [2.24, 2.45) is 0 Å². The highest BCUT2D eigenvalue weighted by Gasteiger charge is 2.28. The molecule has 11 heteroatoms. The molecule has 0 saturated heterocycles. The molecule has 1 rings (SSSR count). The predicted molar refractivity (Wildman–Crippen MR) is 64.2 cm³/mol. The summed E-state index contributed by atoms with van der Waals surface area (Å²) in [6.45, 7) is -2.79. The number of rotatable bonds is 4. The number of hydrogen-bond acceptors (Lipinski definition) is 4. The van der Waals surface area contributed by atoms with Crippen molar-refractivity contribution in [3.63, 3.8) is 0 Å². The minimum absolute atomic E-state index is 0.782. The van der Waals surface area contributed by atoms with Crippen LogP contribution < -0.4 is 10.6 Å². The van der Waals surface area contributed by atoms with Gasteiger partial charge in [-0.1, -0.05) is 6.07 Å². The van der Waals surface area contributed by atoms with Crippen molar-refractivity contribution in [2.75, 3.05) is 13.2 Å². The van der Waals surface area contributed by atoms with E-state index < -0.39 is 54.4 Å². The molecule has 0 unspecified atom stereocenters. The van der Waals surface area contributed by atoms with Crippen LogP contribution in [0.4, 0.5) is 26.7 Å². The van der Waals surface area contributed by atoms with Crippen LogP contribution in [0, 0.1) is 11.6 Å². The molecule has 1 aromatic rings. The number of hydrogen-bond donors (Lipinski definition) is 2. The van der Waals surface area contributed by atoms with Crippen molar-refractivity contribution >= 4 is 17.9 Å². The fourth-order valence-corrected chi connectivity index (χ4v) is 1.28. The minimum atomic E-state index is -4.67. The van der Waals surface area contributed by atoms with Crippen LogP contribution in [-0.2, 0) is 9.53 Å². The summed E-state index contributed by atoms with van der Waals surface area (Å²) in [6, 6.07) is 1.09. The SMILES string of the molecule is O=C(COC(=O)c1c(F)cccc1F)NC(=O)NCC(F)(F)F. The van der Waals surface area contributed by atoms with E-state index in [9.17, 15) is 36.3 Å². The molecule has 126 valence electrons. The Morgan fingerprint density at radius 3 is 2.17 bits per heavy atom. The lowest BCUT2D eigenvalue weighted by molar-refractivity contribution is -0.125. The van der Waals surface area contributed by atoms with Gasteiger partial charge in [0.1, 0.15) is 23.7 Å². The van der Waals surface area contributed by atoms with Crippen molar-refractivity contribution in [3.8, 4) is 0 Å². The lowest BCUT2D eigenvalue weighted by Crippen LogP contribution is -2.44. The van der Waals surface area contributed by atoms with E-state index >= 15 is 0 Å². The topological polar surface area (TPSA) is 84.5 Å². The first-order valence-electron chi connectivity index (χ1n) is 5.85. The van der Waals surface area contributed by atoms with Gasteiger partial charge in [0, 0.05) is 0 Å². The maximum absolute atomic E-state index is 13.2. The number of ether oxygens (including phenoxy) is 1. The standard InChI is InChI=1S/C12H9F5N2O4/c13-6-2-1-3-7(14)9(6)10(21)23-4-8(20)19-11(22)18-5-12(15,16)17/h1-3H,4-5H2,(H2,18,19,20,22). The summed E-state index contributed by atoms with van der Waals surface area (Å²) in [5, 5.41) is 2.77. The summed E-state index contributed by atoms with van der Waals surface area (Å²) < 4.78 is 66.1. The predicted octanol–water partition coefficient (Wildman–Crippen LogP) is 1.51. The number of halogens is 5. The second-order valence-electron chi connectivity index (χ2n) is 4.02. The first kappa shape index (κ1) is 18.3. The molecule has 1 aromatic carbocycles. The number of urea groups is 1. The van der Waals surface area contributed by atoms with Crippen molar-refractivity contribution in [3.05, 3.63) is 35.4 Å². The van der Waals surface area contributed by atoms with E-state index in [0.29, 0.717) is 0 Å². The zero-order valence-corrected chi connectivity index (χ0v) is 11.2. The van der Waals surface area contributed by atoms with Crippen molar-refractivity contribution < 1.29 is 41.1 Å². The number of imide groups is 1. The highest BCUT2D eigenvalue weighted by Crippen LogP contribution is 2.13. The lowest BCUT2D eigenvalue weighted by Gasteiger charge is -2.09. The van der Waals surface area contributed by atoms with E-state index in [1.54, 1.807) is 0 Å². The van der Waals surface area contributed by atoms with Gasteiger partial charge in [-0.2, -0.15) is 13.2 Å². The van der Waals surface area contributed by atoms with E-state index in [-0.39, 0.29) is 0 Å². The quantitative estimate of drug-likeness (QED) is 0.643. The highest BCUT2D eigenvalue weighted by molar-refractivity contribution is 5.97. The van der Waals surface area contributed by atoms with E-state index in [2.05, 4.69) is 4.74 Å². The van der Waals surface area contributed by atoms with Gasteiger partial charge in [0.25, 0.3) is 5.91 Å². The molecule has 0 aliphatic carbocycles. The van der Waals surface area contributed by atoms with E-state index in [1.807, 2.05) is 0 Å². The van der Waals surface area contributed by atoms with Gasteiger partial charge in [-0.3, -0.25) is 10.1 Å². The van der Waals surface area contributed by atoms with E-state index in [1.165, 1.54) is 10.6 Å². The van der Waals surface area contributed by atoms with E-state index in [0.717, 1.165) is 18.2 Å². The first-order valence-corrected chi connectivity index (χ1v) is 5.85. The van der Waals surface area contributed by atoms with Crippen LogP contribution in [-0.4, -0.2) is 37.2 Å². The number of nitrogens with one attached hydrogen (secondary N) is 2. The second-order valence-corrected chi connectivity index (χ2v) is 4.02. The summed E-state index contributed by atoms with van der Waals surface area (Å²) in [5.74, 6) is -5.24. The van der Waals surface area contributed by atoms with Gasteiger partial charge >= 0.3 is 18.2 Å². The van der Waals surface area contributed by atoms with Gasteiger partial charge in [0.15, 0.2) is 6.61 Å². The van der Waals surface area contributed by atoms with Crippen molar-refractivity contribution in [1.82, 2.24) is 10.6 Å². The van der Waals surface area contributed by atoms with Gasteiger partial charge in [-0.05, 0) is 12.1 Å². The Balaban J connectivity index is 2.47. The van der Waals surface area contributed by atoms with Crippen molar-refractivity contribution in [1.29, 1.82) is 0 Å². The number of benzene rings is 1. The number of alkyl halides is 3. The van der Waals surface area contributed by atoms with Crippen LogP contribution in [0.5, 0.6) is 0 Å². The number of amides is 3. The molecular formula is C12H9F5N2O4. The molecule has 23 heavy (non-hydrogen) atoms. The monoisotopic (exact) mass is 340 g/mol. The zero-order chi connectivity index (χ0) is 17.6. The van der Waals surface area contributed by atoms with Gasteiger partial charge in [0.05, 0.1) is 0 Å². The lowest BCUT2D eigenvalue weighted by atomic mass is 10.2. The molecule has 0 atom stereocenters. The third-order valence-corrected chi connectivity index (χ3v) is 2.20. The summed E-state index contributed by atoms with van der Waals surface area (Å²) in [5.41, 5.74) is -1.04. The maximum Gasteiger partial charge on any atom is 0.405 e. The summed E-state index contributed by atoms with van der Waals surface area (Å²) in [7, 11) is 0. The third kappa shape index (κ3) is 6.28. The van der Waals surface area contributed by atoms with Crippen LogP contribution in [0.25, 0.3) is 0 Å². The Morgan fingerprint density at radius 2 is 1.65 bits per heavy atom. The minimum Gasteiger partial charge on any atom is -0.452 e. The van der Waals surface area contributed by atoms with Gasteiger partial charge < -0.3 is 10.1 Å². The number of esters is 1. The van der Waals surface area contributed by atoms with Gasteiger partial charge in [-0.25, -0.2) is 18.4 Å².